The van der Waals surface area contributed by atoms with Gasteiger partial charge in [0.1, 0.15) is 11.5 Å². The molecule has 24 heavy (non-hydrogen) atoms. The number of rotatable bonds is 5. The van der Waals surface area contributed by atoms with Crippen molar-refractivity contribution in [2.45, 2.75) is 25.9 Å². The molecule has 1 N–H and O–H groups in total. The van der Waals surface area contributed by atoms with E-state index in [1.165, 1.54) is 0 Å². The van der Waals surface area contributed by atoms with Crippen molar-refractivity contribution in [3.05, 3.63) is 35.9 Å². The summed E-state index contributed by atoms with van der Waals surface area (Å²) in [7, 11) is 3.36. The molecule has 0 saturated carbocycles. The summed E-state index contributed by atoms with van der Waals surface area (Å²) in [5, 5.41) is 5.04. The molecule has 1 fully saturated rings. The van der Waals surface area contributed by atoms with Crippen LogP contribution in [0.4, 0.5) is 0 Å². The lowest BCUT2D eigenvalue weighted by atomic mass is 10.0. The van der Waals surface area contributed by atoms with Crippen LogP contribution >= 0.6 is 0 Å². The van der Waals surface area contributed by atoms with E-state index in [4.69, 9.17) is 9.47 Å². The Morgan fingerprint density at radius 3 is 2.67 bits per heavy atom. The van der Waals surface area contributed by atoms with Gasteiger partial charge < -0.3 is 14.8 Å². The summed E-state index contributed by atoms with van der Waals surface area (Å²) in [5.41, 5.74) is 1.15. The molecular formula is C19H24N2O3. The molecule has 0 aliphatic carbocycles. The molecule has 1 aliphatic heterocycles. The molecule has 0 aromatic heterocycles. The molecule has 128 valence electrons. The minimum Gasteiger partial charge on any atom is -0.496 e. The first-order valence-corrected chi connectivity index (χ1v) is 8.34. The smallest absolute Gasteiger partial charge is 0.237 e. The van der Waals surface area contributed by atoms with Gasteiger partial charge in [0, 0.05) is 30.4 Å². The summed E-state index contributed by atoms with van der Waals surface area (Å²) in [5.74, 6) is 1.78. The van der Waals surface area contributed by atoms with E-state index in [1.807, 2.05) is 24.3 Å². The monoisotopic (exact) mass is 328 g/mol. The lowest BCUT2D eigenvalue weighted by Gasteiger charge is -2.34. The highest BCUT2D eigenvalue weighted by molar-refractivity contribution is 5.96. The van der Waals surface area contributed by atoms with Gasteiger partial charge in [0.05, 0.1) is 20.3 Å². The summed E-state index contributed by atoms with van der Waals surface area (Å²) >= 11 is 0. The fraction of sp³-hybridized carbons (Fsp3) is 0.421. The Balaban J connectivity index is 2.04. The third kappa shape index (κ3) is 2.91. The molecule has 5 nitrogen and oxygen atoms in total. The average Bonchev–Trinajstić information content (AvgIpc) is 2.61. The molecule has 2 aromatic carbocycles. The van der Waals surface area contributed by atoms with E-state index in [9.17, 15) is 4.79 Å². The maximum atomic E-state index is 12.1. The van der Waals surface area contributed by atoms with Gasteiger partial charge in [0.2, 0.25) is 5.91 Å². The highest BCUT2D eigenvalue weighted by atomic mass is 16.5. The number of hydrogen-bond acceptors (Lipinski definition) is 4. The second kappa shape index (κ2) is 7.09. The minimum atomic E-state index is -0.0781. The van der Waals surface area contributed by atoms with Crippen molar-refractivity contribution in [3.63, 3.8) is 0 Å². The standard InChI is InChI=1S/C19H24N2O3/c1-4-15-19(22)20-10-11-21(15)12-13-8-9-16(23-2)14-6-5-7-17(24-3)18(13)14/h5-9,15H,4,10-12H2,1-3H3,(H,20,22). The van der Waals surface area contributed by atoms with Crippen molar-refractivity contribution >= 4 is 16.7 Å². The fourth-order valence-corrected chi connectivity index (χ4v) is 3.51. The van der Waals surface area contributed by atoms with Crippen LogP contribution in [0.3, 0.4) is 0 Å². The number of ether oxygens (including phenoxy) is 2. The second-order valence-corrected chi connectivity index (χ2v) is 6.00. The number of methoxy groups -OCH3 is 2. The van der Waals surface area contributed by atoms with Gasteiger partial charge in [-0.15, -0.1) is 0 Å². The zero-order valence-corrected chi connectivity index (χ0v) is 14.5. The highest BCUT2D eigenvalue weighted by Crippen LogP contribution is 2.35. The molecule has 0 bridgehead atoms. The molecule has 1 amide bonds. The summed E-state index contributed by atoms with van der Waals surface area (Å²) in [6.45, 7) is 4.32. The van der Waals surface area contributed by atoms with Gasteiger partial charge in [-0.05, 0) is 24.1 Å². The Hall–Kier alpha value is -2.27. The van der Waals surface area contributed by atoms with E-state index in [1.54, 1.807) is 14.2 Å². The van der Waals surface area contributed by atoms with Gasteiger partial charge >= 0.3 is 0 Å². The molecular weight excluding hydrogens is 304 g/mol. The first-order chi connectivity index (χ1) is 11.7. The van der Waals surface area contributed by atoms with Crippen LogP contribution < -0.4 is 14.8 Å². The fourth-order valence-electron chi connectivity index (χ4n) is 3.51. The van der Waals surface area contributed by atoms with E-state index in [-0.39, 0.29) is 11.9 Å². The Labute approximate surface area is 142 Å². The lowest BCUT2D eigenvalue weighted by molar-refractivity contribution is -0.129. The Morgan fingerprint density at radius 2 is 1.96 bits per heavy atom. The number of amides is 1. The number of carbonyl (C=O) groups excluding carboxylic acids is 1. The molecule has 2 aromatic rings. The molecule has 1 aliphatic rings. The molecule has 1 unspecified atom stereocenters. The summed E-state index contributed by atoms with van der Waals surface area (Å²) in [6.07, 6.45) is 0.803. The van der Waals surface area contributed by atoms with Crippen molar-refractivity contribution < 1.29 is 14.3 Å². The summed E-state index contributed by atoms with van der Waals surface area (Å²) in [4.78, 5) is 14.4. The van der Waals surface area contributed by atoms with E-state index >= 15 is 0 Å². The first kappa shape index (κ1) is 16.6. The molecule has 5 heteroatoms. The van der Waals surface area contributed by atoms with Gasteiger partial charge in [-0.25, -0.2) is 0 Å². The van der Waals surface area contributed by atoms with Crippen LogP contribution in [0.15, 0.2) is 30.3 Å². The number of benzene rings is 2. The molecule has 1 atom stereocenters. The SMILES string of the molecule is CCC1C(=O)NCCN1Cc1ccc(OC)c2cccc(OC)c12. The average molecular weight is 328 g/mol. The number of piperazine rings is 1. The van der Waals surface area contributed by atoms with Crippen molar-refractivity contribution in [3.8, 4) is 11.5 Å². The van der Waals surface area contributed by atoms with Crippen LogP contribution in [0, 0.1) is 0 Å². The third-order valence-electron chi connectivity index (χ3n) is 4.69. The molecule has 3 rings (SSSR count). The van der Waals surface area contributed by atoms with E-state index in [2.05, 4.69) is 23.2 Å². The normalized spacial score (nSPS) is 18.5. The largest absolute Gasteiger partial charge is 0.496 e. The van der Waals surface area contributed by atoms with E-state index in [0.717, 1.165) is 40.8 Å². The minimum absolute atomic E-state index is 0.0781. The maximum absolute atomic E-state index is 12.1. The lowest BCUT2D eigenvalue weighted by Crippen LogP contribution is -2.54. The Kier molecular flexibility index (Phi) is 4.90. The Morgan fingerprint density at radius 1 is 1.17 bits per heavy atom. The number of carbonyl (C=O) groups is 1. The zero-order chi connectivity index (χ0) is 17.1. The molecule has 1 heterocycles. The topological polar surface area (TPSA) is 50.8 Å². The highest BCUT2D eigenvalue weighted by Gasteiger charge is 2.28. The van der Waals surface area contributed by atoms with Crippen molar-refractivity contribution in [1.82, 2.24) is 10.2 Å². The van der Waals surface area contributed by atoms with Gasteiger partial charge in [0.15, 0.2) is 0 Å². The van der Waals surface area contributed by atoms with Crippen LogP contribution in [-0.2, 0) is 11.3 Å². The molecule has 0 radical (unpaired) electrons. The second-order valence-electron chi connectivity index (χ2n) is 6.00. The van der Waals surface area contributed by atoms with Crippen molar-refractivity contribution in [2.75, 3.05) is 27.3 Å². The number of hydrogen-bond donors (Lipinski definition) is 1. The quantitative estimate of drug-likeness (QED) is 0.916. The predicted octanol–water partition coefficient (Wildman–Crippen LogP) is 2.57. The maximum Gasteiger partial charge on any atom is 0.237 e. The van der Waals surface area contributed by atoms with Crippen molar-refractivity contribution in [2.24, 2.45) is 0 Å². The molecule has 0 spiro atoms. The predicted molar refractivity (Wildman–Crippen MR) is 94.6 cm³/mol. The van der Waals surface area contributed by atoms with Gasteiger partial charge in [-0.3, -0.25) is 9.69 Å². The van der Waals surface area contributed by atoms with Crippen LogP contribution in [0.5, 0.6) is 11.5 Å². The molecule has 1 saturated heterocycles. The Bertz CT molecular complexity index is 745. The first-order valence-electron chi connectivity index (χ1n) is 8.34. The van der Waals surface area contributed by atoms with Gasteiger partial charge in [0.25, 0.3) is 0 Å². The van der Waals surface area contributed by atoms with Gasteiger partial charge in [-0.1, -0.05) is 25.1 Å². The zero-order valence-electron chi connectivity index (χ0n) is 14.5. The number of nitrogens with zero attached hydrogens (tertiary/aromatic N) is 1. The third-order valence-corrected chi connectivity index (χ3v) is 4.69. The number of fused-ring (bicyclic) bond motifs is 1. The van der Waals surface area contributed by atoms with Crippen molar-refractivity contribution in [1.29, 1.82) is 0 Å². The van der Waals surface area contributed by atoms with Crippen LogP contribution in [0.2, 0.25) is 0 Å². The summed E-state index contributed by atoms with van der Waals surface area (Å²) in [6, 6.07) is 9.96. The van der Waals surface area contributed by atoms with E-state index in [0.29, 0.717) is 13.1 Å². The van der Waals surface area contributed by atoms with Crippen LogP contribution in [0.25, 0.3) is 10.8 Å². The van der Waals surface area contributed by atoms with Crippen LogP contribution in [-0.4, -0.2) is 44.2 Å². The summed E-state index contributed by atoms with van der Waals surface area (Å²) < 4.78 is 11.1. The van der Waals surface area contributed by atoms with Gasteiger partial charge in [-0.2, -0.15) is 0 Å². The number of nitrogens with one attached hydrogen (secondary N) is 1. The van der Waals surface area contributed by atoms with E-state index < -0.39 is 0 Å². The van der Waals surface area contributed by atoms with Crippen LogP contribution in [0.1, 0.15) is 18.9 Å².